The third-order valence-corrected chi connectivity index (χ3v) is 4.35. The van der Waals surface area contributed by atoms with Crippen molar-refractivity contribution in [1.82, 2.24) is 0 Å². The fraction of sp³-hybridized carbons (Fsp3) is 0.200. The first-order chi connectivity index (χ1) is 6.24. The fourth-order valence-electron chi connectivity index (χ4n) is 1.51. The standard InChI is InChI=1S/C10H9IOS/c1-2-6-8(12)3-4-9-10(6)7(11)5-13-9/h3-5,12H,2H2,1H3. The van der Waals surface area contributed by atoms with Crippen LogP contribution in [0.3, 0.4) is 0 Å². The van der Waals surface area contributed by atoms with Gasteiger partial charge >= 0.3 is 0 Å². The van der Waals surface area contributed by atoms with Crippen molar-refractivity contribution in [1.29, 1.82) is 0 Å². The van der Waals surface area contributed by atoms with Crippen LogP contribution in [0.5, 0.6) is 5.75 Å². The number of thiophene rings is 1. The van der Waals surface area contributed by atoms with Crippen LogP contribution >= 0.6 is 33.9 Å². The molecule has 0 atom stereocenters. The van der Waals surface area contributed by atoms with Gasteiger partial charge in [-0.3, -0.25) is 0 Å². The van der Waals surface area contributed by atoms with E-state index in [9.17, 15) is 5.11 Å². The molecule has 0 fully saturated rings. The predicted octanol–water partition coefficient (Wildman–Crippen LogP) is 3.77. The highest BCUT2D eigenvalue weighted by atomic mass is 127. The third-order valence-electron chi connectivity index (χ3n) is 2.13. The maximum absolute atomic E-state index is 9.65. The van der Waals surface area contributed by atoms with Gasteiger partial charge in [0.05, 0.1) is 0 Å². The number of aromatic hydroxyl groups is 1. The second-order valence-corrected chi connectivity index (χ2v) is 4.95. The fourth-order valence-corrected chi connectivity index (χ4v) is 3.53. The van der Waals surface area contributed by atoms with Gasteiger partial charge < -0.3 is 5.11 Å². The van der Waals surface area contributed by atoms with Gasteiger partial charge in [0, 0.05) is 24.6 Å². The summed E-state index contributed by atoms with van der Waals surface area (Å²) >= 11 is 4.05. The summed E-state index contributed by atoms with van der Waals surface area (Å²) in [5.41, 5.74) is 1.07. The van der Waals surface area contributed by atoms with Gasteiger partial charge in [-0.2, -0.15) is 0 Å². The van der Waals surface area contributed by atoms with Crippen molar-refractivity contribution in [2.75, 3.05) is 0 Å². The van der Waals surface area contributed by atoms with E-state index < -0.39 is 0 Å². The number of rotatable bonds is 1. The molecule has 0 unspecified atom stereocenters. The zero-order valence-electron chi connectivity index (χ0n) is 7.17. The number of aryl methyl sites for hydroxylation is 1. The highest BCUT2D eigenvalue weighted by molar-refractivity contribution is 14.1. The molecule has 1 aromatic carbocycles. The third kappa shape index (κ3) is 1.44. The van der Waals surface area contributed by atoms with Gasteiger partial charge in [0.1, 0.15) is 5.75 Å². The molecular formula is C10H9IOS. The first-order valence-electron chi connectivity index (χ1n) is 4.11. The molecule has 0 aliphatic rings. The van der Waals surface area contributed by atoms with Crippen molar-refractivity contribution in [3.05, 3.63) is 26.6 Å². The quantitative estimate of drug-likeness (QED) is 0.795. The minimum absolute atomic E-state index is 0.423. The molecule has 3 heteroatoms. The van der Waals surface area contributed by atoms with Crippen LogP contribution in [0.25, 0.3) is 10.1 Å². The van der Waals surface area contributed by atoms with Crippen LogP contribution in [0.15, 0.2) is 17.5 Å². The Hall–Kier alpha value is -0.290. The SMILES string of the molecule is CCc1c(O)ccc2scc(I)c12. The largest absolute Gasteiger partial charge is 0.508 e. The van der Waals surface area contributed by atoms with Crippen LogP contribution in [0.2, 0.25) is 0 Å². The summed E-state index contributed by atoms with van der Waals surface area (Å²) in [4.78, 5) is 0. The average molecular weight is 304 g/mol. The normalized spacial score (nSPS) is 10.9. The van der Waals surface area contributed by atoms with Gasteiger partial charge in [-0.1, -0.05) is 6.92 Å². The van der Waals surface area contributed by atoms with Crippen LogP contribution in [-0.4, -0.2) is 5.11 Å². The monoisotopic (exact) mass is 304 g/mol. The van der Waals surface area contributed by atoms with Crippen LogP contribution in [0, 0.1) is 3.57 Å². The van der Waals surface area contributed by atoms with Gasteiger partial charge in [-0.05, 0) is 41.1 Å². The topological polar surface area (TPSA) is 20.2 Å². The maximum atomic E-state index is 9.65. The minimum Gasteiger partial charge on any atom is -0.508 e. The maximum Gasteiger partial charge on any atom is 0.119 e. The molecule has 0 saturated heterocycles. The lowest BCUT2D eigenvalue weighted by Gasteiger charge is -2.03. The molecule has 1 aromatic heterocycles. The predicted molar refractivity (Wildman–Crippen MR) is 65.6 cm³/mol. The molecule has 0 amide bonds. The summed E-state index contributed by atoms with van der Waals surface area (Å²) in [6, 6.07) is 3.77. The molecule has 0 spiro atoms. The molecule has 2 rings (SSSR count). The van der Waals surface area contributed by atoms with Crippen molar-refractivity contribution in [3.63, 3.8) is 0 Å². The lowest BCUT2D eigenvalue weighted by Crippen LogP contribution is -1.83. The molecule has 1 nitrogen and oxygen atoms in total. The smallest absolute Gasteiger partial charge is 0.119 e. The summed E-state index contributed by atoms with van der Waals surface area (Å²) in [6.45, 7) is 2.07. The number of phenolic OH excluding ortho intramolecular Hbond substituents is 1. The van der Waals surface area contributed by atoms with Crippen LogP contribution in [0.4, 0.5) is 0 Å². The lowest BCUT2D eigenvalue weighted by atomic mass is 10.1. The van der Waals surface area contributed by atoms with Crippen molar-refractivity contribution >= 4 is 44.0 Å². The van der Waals surface area contributed by atoms with Crippen molar-refractivity contribution < 1.29 is 5.11 Å². The number of fused-ring (bicyclic) bond motifs is 1. The number of benzene rings is 1. The van der Waals surface area contributed by atoms with Gasteiger partial charge in [0.15, 0.2) is 0 Å². The molecule has 68 valence electrons. The Kier molecular flexibility index (Phi) is 2.47. The van der Waals surface area contributed by atoms with Crippen molar-refractivity contribution in [2.45, 2.75) is 13.3 Å². The van der Waals surface area contributed by atoms with Crippen molar-refractivity contribution in [2.24, 2.45) is 0 Å². The number of halogens is 1. The second kappa shape index (κ2) is 3.46. The Morgan fingerprint density at radius 1 is 1.46 bits per heavy atom. The summed E-state index contributed by atoms with van der Waals surface area (Å²) < 4.78 is 2.50. The average Bonchev–Trinajstić information content (AvgIpc) is 2.49. The molecule has 1 heterocycles. The van der Waals surface area contributed by atoms with Crippen LogP contribution in [0.1, 0.15) is 12.5 Å². The first kappa shape index (κ1) is 9.27. The van der Waals surface area contributed by atoms with E-state index in [1.54, 1.807) is 17.4 Å². The Labute approximate surface area is 94.5 Å². The Bertz CT molecular complexity index is 447. The Morgan fingerprint density at radius 3 is 2.92 bits per heavy atom. The molecule has 2 aromatic rings. The Morgan fingerprint density at radius 2 is 2.23 bits per heavy atom. The molecule has 0 radical (unpaired) electrons. The van der Waals surface area contributed by atoms with Gasteiger partial charge in [0.25, 0.3) is 0 Å². The van der Waals surface area contributed by atoms with E-state index in [1.165, 1.54) is 13.7 Å². The van der Waals surface area contributed by atoms with E-state index >= 15 is 0 Å². The summed E-state index contributed by atoms with van der Waals surface area (Å²) in [6.07, 6.45) is 0.885. The molecule has 0 bridgehead atoms. The molecule has 0 saturated carbocycles. The van der Waals surface area contributed by atoms with E-state index in [0.717, 1.165) is 12.0 Å². The molecule has 13 heavy (non-hydrogen) atoms. The van der Waals surface area contributed by atoms with E-state index in [1.807, 2.05) is 6.07 Å². The number of hydrogen-bond acceptors (Lipinski definition) is 2. The second-order valence-electron chi connectivity index (χ2n) is 2.87. The van der Waals surface area contributed by atoms with E-state index in [0.29, 0.717) is 5.75 Å². The van der Waals surface area contributed by atoms with Gasteiger partial charge in [0.2, 0.25) is 0 Å². The lowest BCUT2D eigenvalue weighted by molar-refractivity contribution is 0.470. The highest BCUT2D eigenvalue weighted by Crippen LogP contribution is 2.34. The summed E-state index contributed by atoms with van der Waals surface area (Å²) in [5, 5.41) is 13.0. The zero-order chi connectivity index (χ0) is 9.42. The van der Waals surface area contributed by atoms with Crippen LogP contribution < -0.4 is 0 Å². The number of hydrogen-bond donors (Lipinski definition) is 1. The summed E-state index contributed by atoms with van der Waals surface area (Å²) in [7, 11) is 0. The van der Waals surface area contributed by atoms with Crippen molar-refractivity contribution in [3.8, 4) is 5.75 Å². The molecule has 0 aliphatic heterocycles. The first-order valence-corrected chi connectivity index (χ1v) is 6.07. The Balaban J connectivity index is 2.88. The molecule has 0 aliphatic carbocycles. The van der Waals surface area contributed by atoms with Crippen LogP contribution in [-0.2, 0) is 6.42 Å². The van der Waals surface area contributed by atoms with Gasteiger partial charge in [-0.15, -0.1) is 11.3 Å². The summed E-state index contributed by atoms with van der Waals surface area (Å²) in [5.74, 6) is 0.423. The highest BCUT2D eigenvalue weighted by Gasteiger charge is 2.09. The zero-order valence-corrected chi connectivity index (χ0v) is 10.1. The van der Waals surface area contributed by atoms with Gasteiger partial charge in [-0.25, -0.2) is 0 Å². The van der Waals surface area contributed by atoms with E-state index in [-0.39, 0.29) is 0 Å². The van der Waals surface area contributed by atoms with E-state index in [2.05, 4.69) is 34.9 Å². The minimum atomic E-state index is 0.423. The van der Waals surface area contributed by atoms with E-state index in [4.69, 9.17) is 0 Å². The molecule has 1 N–H and O–H groups in total. The number of phenols is 1. The molecular weight excluding hydrogens is 295 g/mol.